The van der Waals surface area contributed by atoms with Crippen LogP contribution < -0.4 is 5.32 Å². The van der Waals surface area contributed by atoms with Crippen LogP contribution in [0.15, 0.2) is 53.9 Å². The standard InChI is InChI=1S/C23H21N5OS/c1-14(19-13-30-15(2)25-19)24-21(29)11-12-28-20-10-6-3-7-16(20)22-23(28)27-18-9-5-4-8-17(18)26-22/h3-10,13-14H,11-12H2,1-2H3,(H,24,29). The number of amides is 1. The van der Waals surface area contributed by atoms with Crippen molar-refractivity contribution in [2.75, 3.05) is 0 Å². The highest BCUT2D eigenvalue weighted by Crippen LogP contribution is 2.28. The predicted octanol–water partition coefficient (Wildman–Crippen LogP) is 4.77. The molecule has 0 spiro atoms. The zero-order valence-corrected chi connectivity index (χ0v) is 17.6. The van der Waals surface area contributed by atoms with Gasteiger partial charge in [-0.05, 0) is 32.0 Å². The number of aryl methyl sites for hydroxylation is 2. The molecule has 0 aliphatic rings. The minimum absolute atomic E-state index is 0.00664. The van der Waals surface area contributed by atoms with Crippen LogP contribution >= 0.6 is 11.3 Å². The predicted molar refractivity (Wildman–Crippen MR) is 121 cm³/mol. The second-order valence-electron chi connectivity index (χ2n) is 7.38. The van der Waals surface area contributed by atoms with Crippen molar-refractivity contribution in [1.82, 2.24) is 24.8 Å². The van der Waals surface area contributed by atoms with Crippen molar-refractivity contribution in [3.05, 3.63) is 64.6 Å². The molecule has 5 rings (SSSR count). The van der Waals surface area contributed by atoms with Crippen LogP contribution in [0.2, 0.25) is 0 Å². The van der Waals surface area contributed by atoms with Crippen molar-refractivity contribution in [2.24, 2.45) is 0 Å². The summed E-state index contributed by atoms with van der Waals surface area (Å²) < 4.78 is 2.10. The van der Waals surface area contributed by atoms with Gasteiger partial charge < -0.3 is 9.88 Å². The molecule has 3 aromatic heterocycles. The Labute approximate surface area is 177 Å². The van der Waals surface area contributed by atoms with E-state index in [9.17, 15) is 4.79 Å². The SMILES string of the molecule is Cc1nc(C(C)NC(=O)CCn2c3ccccc3c3nc4ccccc4nc32)cs1. The second kappa shape index (κ2) is 7.50. The molecule has 0 saturated carbocycles. The Kier molecular flexibility index (Phi) is 4.67. The molecule has 1 atom stereocenters. The van der Waals surface area contributed by atoms with E-state index in [-0.39, 0.29) is 11.9 Å². The van der Waals surface area contributed by atoms with Crippen molar-refractivity contribution >= 4 is 50.3 Å². The van der Waals surface area contributed by atoms with Gasteiger partial charge in [0.2, 0.25) is 5.91 Å². The van der Waals surface area contributed by atoms with Gasteiger partial charge in [0.15, 0.2) is 5.65 Å². The van der Waals surface area contributed by atoms with Gasteiger partial charge in [-0.2, -0.15) is 0 Å². The highest BCUT2D eigenvalue weighted by atomic mass is 32.1. The molecular weight excluding hydrogens is 394 g/mol. The Morgan fingerprint density at radius 1 is 1.07 bits per heavy atom. The van der Waals surface area contributed by atoms with Gasteiger partial charge in [-0.25, -0.2) is 15.0 Å². The Balaban J connectivity index is 1.45. The van der Waals surface area contributed by atoms with E-state index >= 15 is 0 Å². The van der Waals surface area contributed by atoms with E-state index in [0.717, 1.165) is 43.8 Å². The average Bonchev–Trinajstić information content (AvgIpc) is 3.32. The van der Waals surface area contributed by atoms with Gasteiger partial charge in [-0.1, -0.05) is 30.3 Å². The Bertz CT molecular complexity index is 1390. The van der Waals surface area contributed by atoms with Crippen LogP contribution in [-0.4, -0.2) is 25.4 Å². The molecule has 0 saturated heterocycles. The number of thiazole rings is 1. The van der Waals surface area contributed by atoms with Gasteiger partial charge in [0.1, 0.15) is 5.52 Å². The summed E-state index contributed by atoms with van der Waals surface area (Å²) in [5.74, 6) is -0.00664. The normalized spacial score (nSPS) is 12.6. The lowest BCUT2D eigenvalue weighted by atomic mass is 10.2. The topological polar surface area (TPSA) is 72.7 Å². The van der Waals surface area contributed by atoms with Crippen molar-refractivity contribution in [1.29, 1.82) is 0 Å². The molecule has 3 heterocycles. The van der Waals surface area contributed by atoms with Crippen LogP contribution in [0.5, 0.6) is 0 Å². The molecule has 0 bridgehead atoms. The largest absolute Gasteiger partial charge is 0.348 e. The first-order valence-corrected chi connectivity index (χ1v) is 10.8. The number of carbonyl (C=O) groups excluding carboxylic acids is 1. The third kappa shape index (κ3) is 3.31. The fraction of sp³-hybridized carbons (Fsp3) is 0.217. The zero-order valence-electron chi connectivity index (χ0n) is 16.8. The summed E-state index contributed by atoms with van der Waals surface area (Å²) in [5, 5.41) is 7.10. The van der Waals surface area contributed by atoms with Crippen molar-refractivity contribution in [2.45, 2.75) is 32.9 Å². The maximum atomic E-state index is 12.6. The number of rotatable bonds is 5. The second-order valence-corrected chi connectivity index (χ2v) is 8.45. The minimum atomic E-state index is -0.107. The van der Waals surface area contributed by atoms with Crippen LogP contribution in [0, 0.1) is 6.92 Å². The van der Waals surface area contributed by atoms with Crippen LogP contribution in [0.25, 0.3) is 33.1 Å². The lowest BCUT2D eigenvalue weighted by Gasteiger charge is -2.12. The van der Waals surface area contributed by atoms with Gasteiger partial charge >= 0.3 is 0 Å². The molecule has 6 nitrogen and oxygen atoms in total. The van der Waals surface area contributed by atoms with E-state index < -0.39 is 0 Å². The van der Waals surface area contributed by atoms with Gasteiger partial charge in [-0.15, -0.1) is 11.3 Å². The number of para-hydroxylation sites is 3. The number of fused-ring (bicyclic) bond motifs is 4. The third-order valence-electron chi connectivity index (χ3n) is 5.28. The number of hydrogen-bond acceptors (Lipinski definition) is 5. The number of benzene rings is 2. The molecule has 1 unspecified atom stereocenters. The smallest absolute Gasteiger partial charge is 0.222 e. The zero-order chi connectivity index (χ0) is 20.7. The third-order valence-corrected chi connectivity index (χ3v) is 6.07. The summed E-state index contributed by atoms with van der Waals surface area (Å²) in [6.45, 7) is 4.46. The fourth-order valence-electron chi connectivity index (χ4n) is 3.79. The quantitative estimate of drug-likeness (QED) is 0.449. The van der Waals surface area contributed by atoms with Crippen LogP contribution in [0.4, 0.5) is 0 Å². The highest BCUT2D eigenvalue weighted by Gasteiger charge is 2.16. The molecule has 0 aliphatic heterocycles. The maximum absolute atomic E-state index is 12.6. The molecule has 7 heteroatoms. The van der Waals surface area contributed by atoms with Crippen LogP contribution in [-0.2, 0) is 11.3 Å². The monoisotopic (exact) mass is 415 g/mol. The summed E-state index contributed by atoms with van der Waals surface area (Å²) in [5.41, 5.74) is 5.35. The fourth-order valence-corrected chi connectivity index (χ4v) is 4.50. The summed E-state index contributed by atoms with van der Waals surface area (Å²) in [7, 11) is 0. The molecule has 30 heavy (non-hydrogen) atoms. The molecule has 150 valence electrons. The van der Waals surface area contributed by atoms with Gasteiger partial charge in [0.25, 0.3) is 0 Å². The summed E-state index contributed by atoms with van der Waals surface area (Å²) >= 11 is 1.59. The number of carbonyl (C=O) groups is 1. The summed E-state index contributed by atoms with van der Waals surface area (Å²) in [6, 6.07) is 15.9. The lowest BCUT2D eigenvalue weighted by Crippen LogP contribution is -2.27. The Hall–Kier alpha value is -3.32. The minimum Gasteiger partial charge on any atom is -0.348 e. The molecular formula is C23H21N5OS. The lowest BCUT2D eigenvalue weighted by molar-refractivity contribution is -0.121. The van der Waals surface area contributed by atoms with E-state index in [4.69, 9.17) is 9.97 Å². The molecule has 1 amide bonds. The summed E-state index contributed by atoms with van der Waals surface area (Å²) in [6.07, 6.45) is 0.357. The van der Waals surface area contributed by atoms with Gasteiger partial charge in [0, 0.05) is 23.7 Å². The van der Waals surface area contributed by atoms with E-state index in [1.54, 1.807) is 11.3 Å². The molecule has 1 N–H and O–H groups in total. The molecule has 2 aromatic carbocycles. The van der Waals surface area contributed by atoms with Gasteiger partial charge in [-0.3, -0.25) is 4.79 Å². The Morgan fingerprint density at radius 3 is 2.57 bits per heavy atom. The maximum Gasteiger partial charge on any atom is 0.222 e. The van der Waals surface area contributed by atoms with Crippen LogP contribution in [0.1, 0.15) is 30.1 Å². The van der Waals surface area contributed by atoms with E-state index in [2.05, 4.69) is 27.0 Å². The van der Waals surface area contributed by atoms with Crippen molar-refractivity contribution in [3.8, 4) is 0 Å². The average molecular weight is 416 g/mol. The van der Waals surface area contributed by atoms with E-state index in [1.807, 2.05) is 55.6 Å². The first-order chi connectivity index (χ1) is 14.6. The van der Waals surface area contributed by atoms with Crippen molar-refractivity contribution in [3.63, 3.8) is 0 Å². The first kappa shape index (κ1) is 18.7. The van der Waals surface area contributed by atoms with Crippen molar-refractivity contribution < 1.29 is 4.79 Å². The van der Waals surface area contributed by atoms with Crippen LogP contribution in [0.3, 0.4) is 0 Å². The number of nitrogens with one attached hydrogen (secondary N) is 1. The Morgan fingerprint density at radius 2 is 1.80 bits per heavy atom. The van der Waals surface area contributed by atoms with E-state index in [1.165, 1.54) is 0 Å². The van der Waals surface area contributed by atoms with Gasteiger partial charge in [0.05, 0.1) is 33.3 Å². The van der Waals surface area contributed by atoms with E-state index in [0.29, 0.717) is 13.0 Å². The number of aromatic nitrogens is 4. The molecule has 0 fully saturated rings. The highest BCUT2D eigenvalue weighted by molar-refractivity contribution is 7.09. The first-order valence-electron chi connectivity index (χ1n) is 9.95. The molecule has 5 aromatic rings. The number of nitrogens with zero attached hydrogens (tertiary/aromatic N) is 4. The summed E-state index contributed by atoms with van der Waals surface area (Å²) in [4.78, 5) is 26.8. The molecule has 0 aliphatic carbocycles. The number of hydrogen-bond donors (Lipinski definition) is 1. The molecule has 0 radical (unpaired) electrons.